The van der Waals surface area contributed by atoms with Gasteiger partial charge in [-0.2, -0.15) is 0 Å². The summed E-state index contributed by atoms with van der Waals surface area (Å²) in [4.78, 5) is 41.1. The monoisotopic (exact) mass is 818 g/mol. The fraction of sp³-hybridized carbons (Fsp3) is 0.311. The van der Waals surface area contributed by atoms with Crippen LogP contribution in [-0.2, 0) is 43.0 Å². The molecule has 9 rings (SSSR count). The lowest BCUT2D eigenvalue weighted by Crippen LogP contribution is -2.52. The molecule has 306 valence electrons. The molecule has 3 aliphatic rings. The Morgan fingerprint density at radius 2 is 1.66 bits per heavy atom. The third kappa shape index (κ3) is 7.62. The number of aromatic nitrogens is 3. The molecular formula is C45H47ClN6O7. The Kier molecular flexibility index (Phi) is 11.4. The molecule has 0 spiro atoms. The maximum Gasteiger partial charge on any atom is 0.264 e. The molecular weight excluding hydrogens is 772 g/mol. The summed E-state index contributed by atoms with van der Waals surface area (Å²) in [6, 6.07) is 24.2. The van der Waals surface area contributed by atoms with Gasteiger partial charge in [-0.25, -0.2) is 4.98 Å². The van der Waals surface area contributed by atoms with Crippen molar-refractivity contribution in [1.82, 2.24) is 23.9 Å². The second-order valence-electron chi connectivity index (χ2n) is 15.1. The first-order valence-corrected chi connectivity index (χ1v) is 19.6. The molecule has 1 saturated heterocycles. The summed E-state index contributed by atoms with van der Waals surface area (Å²) in [5.41, 5.74) is 7.20. The van der Waals surface area contributed by atoms with Gasteiger partial charge in [-0.1, -0.05) is 24.3 Å². The average Bonchev–Trinajstić information content (AvgIpc) is 3.96. The van der Waals surface area contributed by atoms with Gasteiger partial charge in [0.05, 0.1) is 42.8 Å². The number of phenolic OH excluding ortho intramolecular Hbond substituents is 1. The summed E-state index contributed by atoms with van der Waals surface area (Å²) in [5, 5.41) is 11.1. The van der Waals surface area contributed by atoms with E-state index in [-0.39, 0.29) is 42.8 Å². The molecule has 14 heteroatoms. The molecule has 0 bridgehead atoms. The maximum absolute atomic E-state index is 15.2. The minimum Gasteiger partial charge on any atom is -0.508 e. The predicted molar refractivity (Wildman–Crippen MR) is 226 cm³/mol. The topological polar surface area (TPSA) is 124 Å². The Morgan fingerprint density at radius 1 is 0.915 bits per heavy atom. The Bertz CT molecular complexity index is 2510. The molecule has 0 saturated carbocycles. The Balaban J connectivity index is 0.00000484. The lowest BCUT2D eigenvalue weighted by atomic mass is 9.92. The highest BCUT2D eigenvalue weighted by Gasteiger charge is 2.36. The van der Waals surface area contributed by atoms with Crippen LogP contribution in [0.2, 0.25) is 0 Å². The van der Waals surface area contributed by atoms with Crippen LogP contribution in [0.3, 0.4) is 0 Å². The van der Waals surface area contributed by atoms with E-state index >= 15 is 9.59 Å². The lowest BCUT2D eigenvalue weighted by molar-refractivity contribution is 0.0193. The highest BCUT2D eigenvalue weighted by atomic mass is 35.5. The van der Waals surface area contributed by atoms with Crippen molar-refractivity contribution in [2.24, 2.45) is 14.1 Å². The summed E-state index contributed by atoms with van der Waals surface area (Å²) in [7, 11) is 5.47. The molecule has 13 nitrogen and oxygen atoms in total. The molecule has 1 atom stereocenters. The van der Waals surface area contributed by atoms with Crippen LogP contribution in [0.5, 0.6) is 17.2 Å². The smallest absolute Gasteiger partial charge is 0.264 e. The SMILES string of the molecule is COCCc1c(C(=O)N(c2ccc(O)cc2)c2cnc3c(ccn3C)c2)cc(-c2cc3c(cc2C(=O)N2Cc4ccccc4C[C@H]2CN2CCOCC2)OCO3)n1C.Cl. The average molecular weight is 819 g/mol. The predicted octanol–water partition coefficient (Wildman–Crippen LogP) is 6.50. The number of benzene rings is 3. The van der Waals surface area contributed by atoms with Crippen molar-refractivity contribution in [3.05, 3.63) is 119 Å². The lowest BCUT2D eigenvalue weighted by Gasteiger charge is -2.40. The fourth-order valence-corrected chi connectivity index (χ4v) is 8.51. The molecule has 59 heavy (non-hydrogen) atoms. The summed E-state index contributed by atoms with van der Waals surface area (Å²) in [6.07, 6.45) is 4.77. The third-order valence-electron chi connectivity index (χ3n) is 11.6. The number of fused-ring (bicyclic) bond motifs is 3. The minimum atomic E-state index is -0.303. The first-order chi connectivity index (χ1) is 28.3. The fourth-order valence-electron chi connectivity index (χ4n) is 8.51. The van der Waals surface area contributed by atoms with E-state index in [0.29, 0.717) is 78.0 Å². The van der Waals surface area contributed by atoms with Gasteiger partial charge in [0, 0.05) is 94.1 Å². The molecule has 3 aromatic heterocycles. The van der Waals surface area contributed by atoms with Crippen LogP contribution in [0.15, 0.2) is 91.3 Å². The van der Waals surface area contributed by atoms with Gasteiger partial charge in [0.25, 0.3) is 11.8 Å². The van der Waals surface area contributed by atoms with Crippen LogP contribution in [0.1, 0.15) is 37.5 Å². The van der Waals surface area contributed by atoms with E-state index in [1.165, 1.54) is 5.56 Å². The van der Waals surface area contributed by atoms with Crippen molar-refractivity contribution in [3.8, 4) is 28.5 Å². The van der Waals surface area contributed by atoms with Gasteiger partial charge in [-0.3, -0.25) is 19.4 Å². The van der Waals surface area contributed by atoms with Crippen LogP contribution in [-0.4, -0.2) is 100 Å². The number of pyridine rings is 1. The zero-order valence-corrected chi connectivity index (χ0v) is 34.1. The van der Waals surface area contributed by atoms with Crippen molar-refractivity contribution in [1.29, 1.82) is 0 Å². The van der Waals surface area contributed by atoms with Crippen LogP contribution < -0.4 is 14.4 Å². The normalized spacial score (nSPS) is 16.2. The molecule has 1 N–H and O–H groups in total. The number of phenols is 1. The van der Waals surface area contributed by atoms with E-state index in [1.54, 1.807) is 48.5 Å². The molecule has 6 aromatic rings. The highest BCUT2D eigenvalue weighted by molar-refractivity contribution is 6.13. The largest absolute Gasteiger partial charge is 0.508 e. The number of aromatic hydroxyl groups is 1. The van der Waals surface area contributed by atoms with Crippen LogP contribution in [0.4, 0.5) is 11.4 Å². The van der Waals surface area contributed by atoms with Crippen molar-refractivity contribution >= 4 is 46.6 Å². The number of halogens is 1. The number of aryl methyl sites for hydroxylation is 1. The van der Waals surface area contributed by atoms with Crippen molar-refractivity contribution in [3.63, 3.8) is 0 Å². The van der Waals surface area contributed by atoms with E-state index in [1.807, 2.05) is 64.7 Å². The molecule has 3 aromatic carbocycles. The number of amides is 2. The number of nitrogens with zero attached hydrogens (tertiary/aromatic N) is 6. The second-order valence-corrected chi connectivity index (χ2v) is 15.1. The van der Waals surface area contributed by atoms with Crippen molar-refractivity contribution in [2.75, 3.05) is 58.3 Å². The van der Waals surface area contributed by atoms with Gasteiger partial charge in [0.15, 0.2) is 11.5 Å². The number of carbonyl (C=O) groups is 2. The first-order valence-electron chi connectivity index (χ1n) is 19.6. The molecule has 2 amide bonds. The number of carbonyl (C=O) groups excluding carboxylic acids is 2. The molecule has 0 unspecified atom stereocenters. The van der Waals surface area contributed by atoms with Gasteiger partial charge >= 0.3 is 0 Å². The quantitative estimate of drug-likeness (QED) is 0.165. The highest BCUT2D eigenvalue weighted by Crippen LogP contribution is 2.42. The summed E-state index contributed by atoms with van der Waals surface area (Å²) < 4.78 is 26.9. The van der Waals surface area contributed by atoms with Gasteiger partial charge in [0.1, 0.15) is 11.4 Å². The number of anilines is 2. The first kappa shape index (κ1) is 39.9. The van der Waals surface area contributed by atoms with E-state index in [4.69, 9.17) is 23.9 Å². The summed E-state index contributed by atoms with van der Waals surface area (Å²) in [5.74, 6) is 0.687. The Hall–Kier alpha value is -5.86. The molecule has 3 aliphatic heterocycles. The van der Waals surface area contributed by atoms with E-state index < -0.39 is 0 Å². The van der Waals surface area contributed by atoms with Gasteiger partial charge < -0.3 is 38.1 Å². The van der Waals surface area contributed by atoms with E-state index in [0.717, 1.165) is 48.3 Å². The number of rotatable bonds is 10. The molecule has 1 fully saturated rings. The van der Waals surface area contributed by atoms with Gasteiger partial charge in [-0.15, -0.1) is 12.4 Å². The third-order valence-corrected chi connectivity index (χ3v) is 11.6. The van der Waals surface area contributed by atoms with E-state index in [9.17, 15) is 5.11 Å². The Morgan fingerprint density at radius 3 is 2.42 bits per heavy atom. The van der Waals surface area contributed by atoms with Crippen molar-refractivity contribution < 1.29 is 33.6 Å². The van der Waals surface area contributed by atoms with Gasteiger partial charge in [-0.05, 0) is 72.1 Å². The molecule has 6 heterocycles. The Labute approximate surface area is 348 Å². The number of morpholine rings is 1. The van der Waals surface area contributed by atoms with Crippen molar-refractivity contribution in [2.45, 2.75) is 25.4 Å². The number of hydrogen-bond donors (Lipinski definition) is 1. The summed E-state index contributed by atoms with van der Waals surface area (Å²) in [6.45, 7) is 4.57. The zero-order chi connectivity index (χ0) is 39.9. The zero-order valence-electron chi connectivity index (χ0n) is 33.3. The van der Waals surface area contributed by atoms with Crippen LogP contribution in [0, 0.1) is 0 Å². The maximum atomic E-state index is 15.2. The van der Waals surface area contributed by atoms with E-state index in [2.05, 4.69) is 23.1 Å². The van der Waals surface area contributed by atoms with Crippen LogP contribution >= 0.6 is 12.4 Å². The number of methoxy groups -OCH3 is 1. The number of hydrogen-bond acceptors (Lipinski definition) is 9. The molecule has 0 radical (unpaired) electrons. The minimum absolute atomic E-state index is 0. The standard InChI is InChI=1S/C45H46N6O7.ClH/c1-47-14-12-30-21-33(25-46-43(30)47)51(32-8-10-35(52)11-9-32)45(54)38-22-40(48(2)39(38)13-17-55-3)36-23-41-42(58-28-57-41)24-37(36)44(53)50-26-31-7-5-4-6-29(31)20-34(50)27-49-15-18-56-19-16-49;/h4-12,14,21-25,34,52H,13,15-20,26-28H2,1-3H3;1H/t34-;/m0./s1. The second kappa shape index (κ2) is 16.8. The molecule has 0 aliphatic carbocycles. The number of ether oxygens (including phenoxy) is 4. The summed E-state index contributed by atoms with van der Waals surface area (Å²) >= 11 is 0. The van der Waals surface area contributed by atoms with Crippen LogP contribution in [0.25, 0.3) is 22.3 Å². The van der Waals surface area contributed by atoms with Gasteiger partial charge in [0.2, 0.25) is 6.79 Å².